The Hall–Kier alpha value is -0.690. The number of hydrogen-bond donors (Lipinski definition) is 0. The van der Waals surface area contributed by atoms with Crippen LogP contribution in [0.25, 0.3) is 0 Å². The molecule has 0 amide bonds. The molecular weight excluding hydrogens is 196 g/mol. The molecule has 0 aromatic heterocycles. The molecule has 0 heterocycles. The molecule has 0 radical (unpaired) electrons. The average molecular weight is 217 g/mol. The van der Waals surface area contributed by atoms with E-state index in [4.69, 9.17) is 16.3 Å². The Kier molecular flexibility index (Phi) is 11.7. The SMILES string of the molecule is CC.CC.COc1ccc(C)cc1Cl. The molecule has 0 aliphatic heterocycles. The van der Waals surface area contributed by atoms with Crippen molar-refractivity contribution < 1.29 is 4.74 Å². The van der Waals surface area contributed by atoms with E-state index in [1.807, 2.05) is 52.8 Å². The first-order valence-electron chi connectivity index (χ1n) is 5.04. The Morgan fingerprint density at radius 1 is 1.07 bits per heavy atom. The highest BCUT2D eigenvalue weighted by atomic mass is 35.5. The topological polar surface area (TPSA) is 9.23 Å². The van der Waals surface area contributed by atoms with Gasteiger partial charge in [0, 0.05) is 0 Å². The van der Waals surface area contributed by atoms with E-state index in [9.17, 15) is 0 Å². The van der Waals surface area contributed by atoms with Crippen molar-refractivity contribution in [2.45, 2.75) is 34.6 Å². The zero-order valence-electron chi connectivity index (χ0n) is 10.0. The molecule has 0 unspecified atom stereocenters. The van der Waals surface area contributed by atoms with Crippen molar-refractivity contribution in [2.75, 3.05) is 7.11 Å². The van der Waals surface area contributed by atoms with Crippen LogP contribution in [0, 0.1) is 6.92 Å². The Labute approximate surface area is 93.0 Å². The van der Waals surface area contributed by atoms with Gasteiger partial charge < -0.3 is 4.74 Å². The molecule has 0 fully saturated rings. The van der Waals surface area contributed by atoms with Gasteiger partial charge in [-0.15, -0.1) is 0 Å². The molecule has 0 bridgehead atoms. The molecule has 0 N–H and O–H groups in total. The number of hydrogen-bond acceptors (Lipinski definition) is 1. The molecule has 0 aliphatic carbocycles. The lowest BCUT2D eigenvalue weighted by Crippen LogP contribution is -1.83. The largest absolute Gasteiger partial charge is 0.495 e. The zero-order chi connectivity index (χ0) is 11.6. The highest BCUT2D eigenvalue weighted by Gasteiger charge is 1.97. The normalized spacial score (nSPS) is 7.64. The molecule has 0 spiro atoms. The summed E-state index contributed by atoms with van der Waals surface area (Å²) < 4.78 is 4.97. The lowest BCUT2D eigenvalue weighted by Gasteiger charge is -2.01. The second-order valence-electron chi connectivity index (χ2n) is 2.14. The van der Waals surface area contributed by atoms with Gasteiger partial charge in [0.15, 0.2) is 0 Å². The van der Waals surface area contributed by atoms with Gasteiger partial charge in [-0.3, -0.25) is 0 Å². The van der Waals surface area contributed by atoms with Gasteiger partial charge in [-0.2, -0.15) is 0 Å². The fourth-order valence-electron chi connectivity index (χ4n) is 0.771. The Bertz CT molecular complexity index is 234. The number of aryl methyl sites for hydroxylation is 1. The summed E-state index contributed by atoms with van der Waals surface area (Å²) in [7, 11) is 1.61. The van der Waals surface area contributed by atoms with Crippen LogP contribution in [0.2, 0.25) is 5.02 Å². The van der Waals surface area contributed by atoms with E-state index < -0.39 is 0 Å². The highest BCUT2D eigenvalue weighted by Crippen LogP contribution is 2.24. The predicted octanol–water partition coefficient (Wildman–Crippen LogP) is 4.71. The maximum Gasteiger partial charge on any atom is 0.137 e. The van der Waals surface area contributed by atoms with E-state index in [2.05, 4.69) is 0 Å². The van der Waals surface area contributed by atoms with E-state index in [0.717, 1.165) is 11.3 Å². The van der Waals surface area contributed by atoms with Crippen molar-refractivity contribution in [3.05, 3.63) is 28.8 Å². The quantitative estimate of drug-likeness (QED) is 0.661. The Morgan fingerprint density at radius 3 is 1.93 bits per heavy atom. The number of rotatable bonds is 1. The highest BCUT2D eigenvalue weighted by molar-refractivity contribution is 6.32. The van der Waals surface area contributed by atoms with Gasteiger partial charge in [0.25, 0.3) is 0 Å². The second-order valence-corrected chi connectivity index (χ2v) is 2.55. The van der Waals surface area contributed by atoms with Crippen LogP contribution in [0.15, 0.2) is 18.2 Å². The molecule has 1 nitrogen and oxygen atoms in total. The second kappa shape index (κ2) is 10.4. The van der Waals surface area contributed by atoms with Crippen molar-refractivity contribution in [3.63, 3.8) is 0 Å². The number of ether oxygens (including phenoxy) is 1. The Balaban J connectivity index is 0. The average Bonchev–Trinajstić information content (AvgIpc) is 2.24. The maximum absolute atomic E-state index is 5.80. The number of methoxy groups -OCH3 is 1. The molecule has 1 rings (SSSR count). The van der Waals surface area contributed by atoms with Gasteiger partial charge >= 0.3 is 0 Å². The van der Waals surface area contributed by atoms with Crippen LogP contribution in [-0.4, -0.2) is 7.11 Å². The van der Waals surface area contributed by atoms with Gasteiger partial charge in [0.05, 0.1) is 12.1 Å². The summed E-state index contributed by atoms with van der Waals surface area (Å²) in [5.74, 6) is 0.729. The summed E-state index contributed by atoms with van der Waals surface area (Å²) in [4.78, 5) is 0. The van der Waals surface area contributed by atoms with Crippen molar-refractivity contribution in [3.8, 4) is 5.75 Å². The first-order valence-corrected chi connectivity index (χ1v) is 5.42. The standard InChI is InChI=1S/C8H9ClO.2C2H6/c1-6-3-4-8(10-2)7(9)5-6;2*1-2/h3-5H,1-2H3;2*1-2H3. The van der Waals surface area contributed by atoms with Crippen LogP contribution in [-0.2, 0) is 0 Å². The van der Waals surface area contributed by atoms with E-state index >= 15 is 0 Å². The summed E-state index contributed by atoms with van der Waals surface area (Å²) in [5, 5.41) is 0.669. The summed E-state index contributed by atoms with van der Waals surface area (Å²) in [5.41, 5.74) is 1.14. The van der Waals surface area contributed by atoms with Crippen molar-refractivity contribution in [1.82, 2.24) is 0 Å². The monoisotopic (exact) mass is 216 g/mol. The maximum atomic E-state index is 5.80. The van der Waals surface area contributed by atoms with E-state index in [0.29, 0.717) is 5.02 Å². The van der Waals surface area contributed by atoms with E-state index in [1.54, 1.807) is 7.11 Å². The molecule has 14 heavy (non-hydrogen) atoms. The lowest BCUT2D eigenvalue weighted by molar-refractivity contribution is 0.415. The van der Waals surface area contributed by atoms with Crippen molar-refractivity contribution >= 4 is 11.6 Å². The third-order valence-electron chi connectivity index (χ3n) is 1.31. The number of benzene rings is 1. The molecule has 0 saturated heterocycles. The third-order valence-corrected chi connectivity index (χ3v) is 1.60. The van der Waals surface area contributed by atoms with Gasteiger partial charge in [0.1, 0.15) is 5.75 Å². The number of halogens is 1. The van der Waals surface area contributed by atoms with Gasteiger partial charge in [-0.05, 0) is 24.6 Å². The molecule has 1 aromatic rings. The minimum atomic E-state index is 0.669. The molecular formula is C12H21ClO. The predicted molar refractivity (Wildman–Crippen MR) is 65.4 cm³/mol. The van der Waals surface area contributed by atoms with E-state index in [-0.39, 0.29) is 0 Å². The van der Waals surface area contributed by atoms with Crippen LogP contribution in [0.3, 0.4) is 0 Å². The minimum absolute atomic E-state index is 0.669. The first kappa shape index (κ1) is 15.8. The Morgan fingerprint density at radius 2 is 1.57 bits per heavy atom. The molecule has 2 heteroatoms. The van der Waals surface area contributed by atoms with E-state index in [1.165, 1.54) is 0 Å². The molecule has 0 atom stereocenters. The van der Waals surface area contributed by atoms with Crippen LogP contribution in [0.5, 0.6) is 5.75 Å². The van der Waals surface area contributed by atoms with Crippen LogP contribution >= 0.6 is 11.6 Å². The zero-order valence-corrected chi connectivity index (χ0v) is 10.8. The summed E-state index contributed by atoms with van der Waals surface area (Å²) >= 11 is 5.80. The molecule has 0 saturated carbocycles. The van der Waals surface area contributed by atoms with Gasteiger partial charge in [-0.1, -0.05) is 45.4 Å². The van der Waals surface area contributed by atoms with Gasteiger partial charge in [-0.25, -0.2) is 0 Å². The van der Waals surface area contributed by atoms with Gasteiger partial charge in [0.2, 0.25) is 0 Å². The lowest BCUT2D eigenvalue weighted by atomic mass is 10.2. The molecule has 82 valence electrons. The summed E-state index contributed by atoms with van der Waals surface area (Å²) in [6.07, 6.45) is 0. The van der Waals surface area contributed by atoms with Crippen LogP contribution < -0.4 is 4.74 Å². The minimum Gasteiger partial charge on any atom is -0.495 e. The first-order chi connectivity index (χ1) is 6.74. The van der Waals surface area contributed by atoms with Crippen molar-refractivity contribution in [2.24, 2.45) is 0 Å². The third kappa shape index (κ3) is 5.87. The van der Waals surface area contributed by atoms with Crippen molar-refractivity contribution in [1.29, 1.82) is 0 Å². The smallest absolute Gasteiger partial charge is 0.137 e. The van der Waals surface area contributed by atoms with Crippen LogP contribution in [0.4, 0.5) is 0 Å². The summed E-state index contributed by atoms with van der Waals surface area (Å²) in [6.45, 7) is 9.99. The van der Waals surface area contributed by atoms with Crippen LogP contribution in [0.1, 0.15) is 33.3 Å². The fourth-order valence-corrected chi connectivity index (χ4v) is 1.08. The summed E-state index contributed by atoms with van der Waals surface area (Å²) in [6, 6.07) is 5.70. The molecule has 1 aromatic carbocycles. The molecule has 0 aliphatic rings. The fraction of sp³-hybridized carbons (Fsp3) is 0.500.